The van der Waals surface area contributed by atoms with Crippen molar-refractivity contribution in [2.24, 2.45) is 0 Å². The highest BCUT2D eigenvalue weighted by Gasteiger charge is 2.18. The van der Waals surface area contributed by atoms with E-state index in [-0.39, 0.29) is 12.5 Å². The van der Waals surface area contributed by atoms with Gasteiger partial charge in [-0.15, -0.1) is 0 Å². The fraction of sp³-hybridized carbons (Fsp3) is 0.353. The highest BCUT2D eigenvalue weighted by Crippen LogP contribution is 2.18. The predicted octanol–water partition coefficient (Wildman–Crippen LogP) is 2.92. The molecule has 1 heterocycles. The third kappa shape index (κ3) is 3.52. The number of hydrogen-bond donors (Lipinski definition) is 2. The van der Waals surface area contributed by atoms with Crippen molar-refractivity contribution in [1.82, 2.24) is 5.32 Å². The van der Waals surface area contributed by atoms with Gasteiger partial charge < -0.3 is 14.8 Å². The Kier molecular flexibility index (Phi) is 4.81. The SMILES string of the molecule is CCc1ccc(C(CO)NC(=O)c2cc(C)oc2C)cc1. The van der Waals surface area contributed by atoms with Crippen LogP contribution >= 0.6 is 0 Å². The van der Waals surface area contributed by atoms with Crippen LogP contribution in [0.3, 0.4) is 0 Å². The fourth-order valence-corrected chi connectivity index (χ4v) is 2.31. The van der Waals surface area contributed by atoms with Crippen molar-refractivity contribution in [1.29, 1.82) is 0 Å². The molecule has 21 heavy (non-hydrogen) atoms. The van der Waals surface area contributed by atoms with E-state index >= 15 is 0 Å². The number of furan rings is 1. The molecule has 4 nitrogen and oxygen atoms in total. The molecule has 2 aromatic rings. The van der Waals surface area contributed by atoms with E-state index in [1.54, 1.807) is 19.9 Å². The summed E-state index contributed by atoms with van der Waals surface area (Å²) in [6.07, 6.45) is 0.962. The summed E-state index contributed by atoms with van der Waals surface area (Å²) in [7, 11) is 0. The molecule has 1 amide bonds. The van der Waals surface area contributed by atoms with E-state index in [0.29, 0.717) is 17.1 Å². The molecule has 2 rings (SSSR count). The van der Waals surface area contributed by atoms with E-state index in [9.17, 15) is 9.90 Å². The lowest BCUT2D eigenvalue weighted by atomic mass is 10.0. The van der Waals surface area contributed by atoms with Gasteiger partial charge in [-0.1, -0.05) is 31.2 Å². The number of rotatable bonds is 5. The van der Waals surface area contributed by atoms with Gasteiger partial charge >= 0.3 is 0 Å². The molecule has 0 spiro atoms. The van der Waals surface area contributed by atoms with Crippen LogP contribution in [0.1, 0.15) is 46.0 Å². The number of carbonyl (C=O) groups excluding carboxylic acids is 1. The second-order valence-electron chi connectivity index (χ2n) is 5.13. The third-order valence-electron chi connectivity index (χ3n) is 3.56. The van der Waals surface area contributed by atoms with Crippen molar-refractivity contribution < 1.29 is 14.3 Å². The summed E-state index contributed by atoms with van der Waals surface area (Å²) >= 11 is 0. The lowest BCUT2D eigenvalue weighted by Gasteiger charge is -2.17. The summed E-state index contributed by atoms with van der Waals surface area (Å²) in [6, 6.07) is 9.19. The first-order chi connectivity index (χ1) is 10.0. The summed E-state index contributed by atoms with van der Waals surface area (Å²) in [6.45, 7) is 5.50. The van der Waals surface area contributed by atoms with Gasteiger partial charge in [0.25, 0.3) is 5.91 Å². The Morgan fingerprint density at radius 1 is 1.29 bits per heavy atom. The van der Waals surface area contributed by atoms with Gasteiger partial charge in [0.05, 0.1) is 18.2 Å². The molecule has 1 aromatic carbocycles. The maximum Gasteiger partial charge on any atom is 0.255 e. The van der Waals surface area contributed by atoms with Crippen LogP contribution in [0, 0.1) is 13.8 Å². The molecule has 0 bridgehead atoms. The highest BCUT2D eigenvalue weighted by molar-refractivity contribution is 5.95. The van der Waals surface area contributed by atoms with Gasteiger partial charge in [0.15, 0.2) is 0 Å². The van der Waals surface area contributed by atoms with Gasteiger partial charge in [0.2, 0.25) is 0 Å². The Labute approximate surface area is 124 Å². The summed E-state index contributed by atoms with van der Waals surface area (Å²) in [5.74, 6) is 1.05. The number of benzene rings is 1. The molecule has 0 saturated carbocycles. The average Bonchev–Trinajstić information content (AvgIpc) is 2.83. The van der Waals surface area contributed by atoms with Gasteiger partial charge in [-0.25, -0.2) is 0 Å². The lowest BCUT2D eigenvalue weighted by Crippen LogP contribution is -2.30. The summed E-state index contributed by atoms with van der Waals surface area (Å²) in [4.78, 5) is 12.3. The van der Waals surface area contributed by atoms with Crippen LogP contribution in [0.4, 0.5) is 0 Å². The molecule has 1 atom stereocenters. The smallest absolute Gasteiger partial charge is 0.255 e. The minimum atomic E-state index is -0.419. The highest BCUT2D eigenvalue weighted by atomic mass is 16.3. The Balaban J connectivity index is 2.14. The molecule has 0 aliphatic carbocycles. The average molecular weight is 287 g/mol. The first-order valence-electron chi connectivity index (χ1n) is 7.12. The largest absolute Gasteiger partial charge is 0.466 e. The number of carbonyl (C=O) groups is 1. The summed E-state index contributed by atoms with van der Waals surface area (Å²) in [5.41, 5.74) is 2.63. The molecule has 112 valence electrons. The van der Waals surface area contributed by atoms with Crippen LogP contribution in [0.15, 0.2) is 34.7 Å². The Bertz CT molecular complexity index is 613. The monoisotopic (exact) mass is 287 g/mol. The second kappa shape index (κ2) is 6.59. The number of nitrogens with one attached hydrogen (secondary N) is 1. The number of aliphatic hydroxyl groups is 1. The zero-order valence-corrected chi connectivity index (χ0v) is 12.6. The van der Waals surface area contributed by atoms with Crippen LogP contribution in [0.25, 0.3) is 0 Å². The van der Waals surface area contributed by atoms with Gasteiger partial charge in [0, 0.05) is 0 Å². The number of aliphatic hydroxyl groups excluding tert-OH is 1. The summed E-state index contributed by atoms with van der Waals surface area (Å²) < 4.78 is 5.36. The molecule has 0 fully saturated rings. The molecular weight excluding hydrogens is 266 g/mol. The van der Waals surface area contributed by atoms with Crippen LogP contribution in [0.5, 0.6) is 0 Å². The van der Waals surface area contributed by atoms with Gasteiger partial charge in [-0.3, -0.25) is 4.79 Å². The van der Waals surface area contributed by atoms with Gasteiger partial charge in [0.1, 0.15) is 11.5 Å². The third-order valence-corrected chi connectivity index (χ3v) is 3.56. The van der Waals surface area contributed by atoms with Crippen molar-refractivity contribution in [3.8, 4) is 0 Å². The molecule has 0 radical (unpaired) electrons. The van der Waals surface area contributed by atoms with Crippen molar-refractivity contribution in [2.75, 3.05) is 6.61 Å². The molecular formula is C17H21NO3. The van der Waals surface area contributed by atoms with Crippen LogP contribution in [-0.2, 0) is 6.42 Å². The standard InChI is InChI=1S/C17H21NO3/c1-4-13-5-7-14(8-6-13)16(10-19)18-17(20)15-9-11(2)21-12(15)3/h5-9,16,19H,4,10H2,1-3H3,(H,18,20). The van der Waals surface area contributed by atoms with Crippen molar-refractivity contribution >= 4 is 5.91 Å². The Morgan fingerprint density at radius 3 is 2.43 bits per heavy atom. The molecule has 0 saturated heterocycles. The first kappa shape index (κ1) is 15.3. The van der Waals surface area contributed by atoms with Crippen molar-refractivity contribution in [2.45, 2.75) is 33.2 Å². The molecule has 0 aliphatic heterocycles. The molecule has 2 N–H and O–H groups in total. The van der Waals surface area contributed by atoms with Crippen LogP contribution < -0.4 is 5.32 Å². The van der Waals surface area contributed by atoms with E-state index < -0.39 is 6.04 Å². The van der Waals surface area contributed by atoms with Gasteiger partial charge in [-0.2, -0.15) is 0 Å². The second-order valence-corrected chi connectivity index (χ2v) is 5.13. The van der Waals surface area contributed by atoms with E-state index in [1.807, 2.05) is 24.3 Å². The van der Waals surface area contributed by atoms with Crippen molar-refractivity contribution in [3.63, 3.8) is 0 Å². The number of aryl methyl sites for hydroxylation is 3. The minimum absolute atomic E-state index is 0.146. The predicted molar refractivity (Wildman–Crippen MR) is 81.3 cm³/mol. The lowest BCUT2D eigenvalue weighted by molar-refractivity contribution is 0.0914. The topological polar surface area (TPSA) is 62.5 Å². The molecule has 1 unspecified atom stereocenters. The van der Waals surface area contributed by atoms with E-state index in [4.69, 9.17) is 4.42 Å². The Hall–Kier alpha value is -2.07. The zero-order chi connectivity index (χ0) is 15.4. The van der Waals surface area contributed by atoms with Gasteiger partial charge in [-0.05, 0) is 37.5 Å². The van der Waals surface area contributed by atoms with E-state index in [2.05, 4.69) is 12.2 Å². The normalized spacial score (nSPS) is 12.2. The van der Waals surface area contributed by atoms with Crippen molar-refractivity contribution in [3.05, 3.63) is 58.5 Å². The maximum atomic E-state index is 12.3. The Morgan fingerprint density at radius 2 is 1.95 bits per heavy atom. The van der Waals surface area contributed by atoms with Crippen LogP contribution in [0.2, 0.25) is 0 Å². The molecule has 4 heteroatoms. The van der Waals surface area contributed by atoms with E-state index in [0.717, 1.165) is 12.0 Å². The van der Waals surface area contributed by atoms with E-state index in [1.165, 1.54) is 5.56 Å². The number of hydrogen-bond acceptors (Lipinski definition) is 3. The van der Waals surface area contributed by atoms with Crippen LogP contribution in [-0.4, -0.2) is 17.6 Å². The maximum absolute atomic E-state index is 12.3. The first-order valence-corrected chi connectivity index (χ1v) is 7.12. The quantitative estimate of drug-likeness (QED) is 0.888. The summed E-state index contributed by atoms with van der Waals surface area (Å²) in [5, 5.41) is 12.4. The fourth-order valence-electron chi connectivity index (χ4n) is 2.31. The molecule has 0 aliphatic rings. The number of amides is 1. The zero-order valence-electron chi connectivity index (χ0n) is 12.6. The minimum Gasteiger partial charge on any atom is -0.466 e. The molecule has 1 aromatic heterocycles.